The molecule has 1 aliphatic heterocycles. The summed E-state index contributed by atoms with van der Waals surface area (Å²) in [6.45, 7) is 4.68. The highest BCUT2D eigenvalue weighted by Gasteiger charge is 2.32. The molecule has 0 bridgehead atoms. The quantitative estimate of drug-likeness (QED) is 0.702. The van der Waals surface area contributed by atoms with Crippen LogP contribution in [0.1, 0.15) is 33.3 Å². The summed E-state index contributed by atoms with van der Waals surface area (Å²) in [4.78, 5) is 27.1. The Hall–Kier alpha value is -2.46. The van der Waals surface area contributed by atoms with Gasteiger partial charge in [-0.15, -0.1) is 0 Å². The van der Waals surface area contributed by atoms with E-state index in [9.17, 15) is 18.0 Å². The molecule has 1 fully saturated rings. The molecule has 0 saturated carbocycles. The molecule has 9 nitrogen and oxygen atoms in total. The third-order valence-electron chi connectivity index (χ3n) is 4.63. The van der Waals surface area contributed by atoms with Crippen molar-refractivity contribution in [3.05, 3.63) is 35.2 Å². The van der Waals surface area contributed by atoms with Gasteiger partial charge in [-0.25, -0.2) is 17.7 Å². The zero-order valence-corrected chi connectivity index (χ0v) is 16.3. The molecule has 0 aliphatic carbocycles. The number of fused-ring (bicyclic) bond motifs is 1. The van der Waals surface area contributed by atoms with Crippen molar-refractivity contribution in [3.8, 4) is 0 Å². The van der Waals surface area contributed by atoms with E-state index in [0.29, 0.717) is 22.3 Å². The average molecular weight is 394 g/mol. The lowest BCUT2D eigenvalue weighted by Crippen LogP contribution is -2.50. The number of amides is 1. The topological polar surface area (TPSA) is 101 Å². The number of piperazine rings is 1. The van der Waals surface area contributed by atoms with E-state index in [1.807, 2.05) is 0 Å². The van der Waals surface area contributed by atoms with Crippen molar-refractivity contribution in [2.75, 3.05) is 39.0 Å². The molecule has 3 rings (SSSR count). The fourth-order valence-corrected chi connectivity index (χ4v) is 4.12. The van der Waals surface area contributed by atoms with Gasteiger partial charge < -0.3 is 9.64 Å². The molecular weight excluding hydrogens is 372 g/mol. The monoisotopic (exact) mass is 394 g/mol. The maximum absolute atomic E-state index is 13.1. The molecule has 0 aromatic carbocycles. The summed E-state index contributed by atoms with van der Waals surface area (Å²) < 4.78 is 31.2. The molecule has 1 amide bonds. The molecule has 0 unspecified atom stereocenters. The van der Waals surface area contributed by atoms with Gasteiger partial charge in [0.15, 0.2) is 0 Å². The zero-order chi connectivity index (χ0) is 19.8. The van der Waals surface area contributed by atoms with Crippen LogP contribution < -0.4 is 0 Å². The third kappa shape index (κ3) is 3.54. The molecule has 1 aliphatic rings. The van der Waals surface area contributed by atoms with Crippen molar-refractivity contribution >= 4 is 27.4 Å². The normalized spacial score (nSPS) is 15.9. The van der Waals surface area contributed by atoms with Gasteiger partial charge in [0.2, 0.25) is 10.0 Å². The highest BCUT2D eigenvalue weighted by Crippen LogP contribution is 2.25. The van der Waals surface area contributed by atoms with Crippen LogP contribution in [0.3, 0.4) is 0 Å². The highest BCUT2D eigenvalue weighted by molar-refractivity contribution is 7.88. The molecule has 10 heteroatoms. The maximum atomic E-state index is 13.1. The minimum Gasteiger partial charge on any atom is -0.462 e. The number of hydrogen-bond acceptors (Lipinski definition) is 6. The second-order valence-corrected chi connectivity index (χ2v) is 8.33. The van der Waals surface area contributed by atoms with Crippen LogP contribution in [0, 0.1) is 6.92 Å². The summed E-state index contributed by atoms with van der Waals surface area (Å²) in [7, 11) is -3.28. The lowest BCUT2D eigenvalue weighted by Gasteiger charge is -2.33. The van der Waals surface area contributed by atoms with Crippen LogP contribution in [-0.2, 0) is 14.8 Å². The molecule has 0 spiro atoms. The van der Waals surface area contributed by atoms with Crippen LogP contribution in [0.15, 0.2) is 18.3 Å². The van der Waals surface area contributed by atoms with E-state index in [2.05, 4.69) is 5.10 Å². The van der Waals surface area contributed by atoms with Crippen molar-refractivity contribution in [1.29, 1.82) is 0 Å². The van der Waals surface area contributed by atoms with Crippen LogP contribution in [0.2, 0.25) is 0 Å². The number of sulfonamides is 1. The largest absolute Gasteiger partial charge is 0.462 e. The van der Waals surface area contributed by atoms with Gasteiger partial charge >= 0.3 is 5.97 Å². The van der Waals surface area contributed by atoms with Gasteiger partial charge in [-0.2, -0.15) is 9.40 Å². The number of carbonyl (C=O) groups excluding carboxylic acids is 2. The van der Waals surface area contributed by atoms with Crippen molar-refractivity contribution in [2.24, 2.45) is 0 Å². The summed E-state index contributed by atoms with van der Waals surface area (Å²) in [5.74, 6) is -0.786. The molecule has 1 saturated heterocycles. The fourth-order valence-electron chi connectivity index (χ4n) is 3.29. The van der Waals surface area contributed by atoms with E-state index < -0.39 is 16.0 Å². The van der Waals surface area contributed by atoms with E-state index in [0.717, 1.165) is 6.26 Å². The molecule has 0 atom stereocenters. The summed E-state index contributed by atoms with van der Waals surface area (Å²) in [5, 5.41) is 4.23. The molecular formula is C17H22N4O5S. The summed E-state index contributed by atoms with van der Waals surface area (Å²) >= 11 is 0. The third-order valence-corrected chi connectivity index (χ3v) is 5.93. The number of rotatable bonds is 4. The highest BCUT2D eigenvalue weighted by atomic mass is 32.2. The Balaban J connectivity index is 1.96. The second-order valence-electron chi connectivity index (χ2n) is 6.34. The Morgan fingerprint density at radius 2 is 1.89 bits per heavy atom. The minimum absolute atomic E-state index is 0.229. The summed E-state index contributed by atoms with van der Waals surface area (Å²) in [5.41, 5.74) is 1.62. The predicted molar refractivity (Wildman–Crippen MR) is 98.2 cm³/mol. The minimum atomic E-state index is -3.28. The number of nitrogens with zero attached hydrogens (tertiary/aromatic N) is 4. The van der Waals surface area contributed by atoms with E-state index in [1.165, 1.54) is 8.82 Å². The van der Waals surface area contributed by atoms with Crippen molar-refractivity contribution in [1.82, 2.24) is 18.8 Å². The molecule has 0 radical (unpaired) electrons. The molecule has 3 heterocycles. The van der Waals surface area contributed by atoms with E-state index in [4.69, 9.17) is 4.74 Å². The molecule has 2 aromatic rings. The van der Waals surface area contributed by atoms with Gasteiger partial charge in [0.05, 0.1) is 23.9 Å². The van der Waals surface area contributed by atoms with Crippen LogP contribution in [0.5, 0.6) is 0 Å². The zero-order valence-electron chi connectivity index (χ0n) is 15.5. The lowest BCUT2D eigenvalue weighted by atomic mass is 10.1. The Morgan fingerprint density at radius 1 is 1.22 bits per heavy atom. The number of aromatic nitrogens is 2. The molecule has 27 heavy (non-hydrogen) atoms. The fraction of sp³-hybridized carbons (Fsp3) is 0.471. The van der Waals surface area contributed by atoms with Crippen LogP contribution in [0.4, 0.5) is 0 Å². The van der Waals surface area contributed by atoms with Gasteiger partial charge in [-0.05, 0) is 31.5 Å². The van der Waals surface area contributed by atoms with Crippen LogP contribution in [0.25, 0.3) is 5.52 Å². The first-order chi connectivity index (χ1) is 12.8. The maximum Gasteiger partial charge on any atom is 0.340 e. The molecule has 2 aromatic heterocycles. The first-order valence-electron chi connectivity index (χ1n) is 8.63. The second kappa shape index (κ2) is 7.28. The lowest BCUT2D eigenvalue weighted by molar-refractivity contribution is 0.0528. The van der Waals surface area contributed by atoms with Crippen molar-refractivity contribution in [2.45, 2.75) is 13.8 Å². The Bertz CT molecular complexity index is 990. The Kier molecular flexibility index (Phi) is 5.20. The number of ether oxygens (including phenoxy) is 1. The van der Waals surface area contributed by atoms with Crippen LogP contribution >= 0.6 is 0 Å². The van der Waals surface area contributed by atoms with Crippen molar-refractivity contribution in [3.63, 3.8) is 0 Å². The SMILES string of the molecule is CCOC(=O)c1c(C)c(C(=O)N2CCN(S(C)(=O)=O)CC2)n2ncccc12. The smallest absolute Gasteiger partial charge is 0.340 e. The van der Waals surface area contributed by atoms with Gasteiger partial charge in [0.25, 0.3) is 5.91 Å². The van der Waals surface area contributed by atoms with Gasteiger partial charge in [0, 0.05) is 32.4 Å². The number of esters is 1. The van der Waals surface area contributed by atoms with Gasteiger partial charge in [-0.3, -0.25) is 4.79 Å². The van der Waals surface area contributed by atoms with E-state index in [-0.39, 0.29) is 38.7 Å². The first kappa shape index (κ1) is 19.3. The number of hydrogen-bond donors (Lipinski definition) is 0. The number of carbonyl (C=O) groups is 2. The van der Waals surface area contributed by atoms with E-state index in [1.54, 1.807) is 37.1 Å². The van der Waals surface area contributed by atoms with Crippen molar-refractivity contribution < 1.29 is 22.7 Å². The first-order valence-corrected chi connectivity index (χ1v) is 10.5. The Labute approximate surface area is 157 Å². The van der Waals surface area contributed by atoms with Gasteiger partial charge in [0.1, 0.15) is 5.69 Å². The molecule has 146 valence electrons. The summed E-state index contributed by atoms with van der Waals surface area (Å²) in [6.07, 6.45) is 2.70. The standard InChI is InChI=1S/C17H22N4O5S/c1-4-26-17(23)14-12(2)15(21-13(14)6-5-7-18-21)16(22)19-8-10-20(11-9-19)27(3,24)25/h5-7H,4,8-11H2,1-3H3. The molecule has 0 N–H and O–H groups in total. The summed E-state index contributed by atoms with van der Waals surface area (Å²) in [6, 6.07) is 3.40. The average Bonchev–Trinajstić information content (AvgIpc) is 2.92. The van der Waals surface area contributed by atoms with Crippen LogP contribution in [-0.4, -0.2) is 78.2 Å². The Morgan fingerprint density at radius 3 is 2.48 bits per heavy atom. The predicted octanol–water partition coefficient (Wildman–Crippen LogP) is 0.537. The van der Waals surface area contributed by atoms with Gasteiger partial charge in [-0.1, -0.05) is 0 Å². The van der Waals surface area contributed by atoms with E-state index >= 15 is 0 Å².